The average molecular weight is 247 g/mol. The van der Waals surface area contributed by atoms with E-state index < -0.39 is 0 Å². The maximum absolute atomic E-state index is 10.6. The van der Waals surface area contributed by atoms with E-state index in [1.54, 1.807) is 0 Å². The molecule has 0 unspecified atom stereocenters. The van der Waals surface area contributed by atoms with Crippen molar-refractivity contribution in [2.75, 3.05) is 31.2 Å². The Kier molecular flexibility index (Phi) is 4.23. The second kappa shape index (κ2) is 6.10. The molecule has 0 saturated heterocycles. The van der Waals surface area contributed by atoms with Gasteiger partial charge in [-0.3, -0.25) is 4.79 Å². The third-order valence-electron chi connectivity index (χ3n) is 2.68. The Labute approximate surface area is 107 Å². The lowest BCUT2D eigenvalue weighted by atomic mass is 10.3. The molecule has 96 valence electrons. The van der Waals surface area contributed by atoms with E-state index in [0.717, 1.165) is 18.8 Å². The molecule has 1 aliphatic rings. The maximum Gasteiger partial charge on any atom is 0.302 e. The van der Waals surface area contributed by atoms with Crippen LogP contribution in [-0.2, 0) is 9.53 Å². The number of ether oxygens (including phenoxy) is 2. The molecule has 1 aliphatic heterocycles. The highest BCUT2D eigenvalue weighted by Gasteiger charge is 2.07. The molecule has 1 aromatic rings. The van der Waals surface area contributed by atoms with Crippen LogP contribution in [0.3, 0.4) is 0 Å². The van der Waals surface area contributed by atoms with Gasteiger partial charge in [0.25, 0.3) is 0 Å². The highest BCUT2D eigenvalue weighted by molar-refractivity contribution is 5.65. The molecule has 0 radical (unpaired) electrons. The number of rotatable bonds is 5. The minimum atomic E-state index is -0.282. The Morgan fingerprint density at radius 2 is 1.83 bits per heavy atom. The van der Waals surface area contributed by atoms with Gasteiger partial charge in [0, 0.05) is 25.7 Å². The van der Waals surface area contributed by atoms with Gasteiger partial charge in [-0.1, -0.05) is 12.2 Å². The summed E-state index contributed by atoms with van der Waals surface area (Å²) in [5.74, 6) is 0.508. The van der Waals surface area contributed by atoms with Crippen LogP contribution in [0.2, 0.25) is 0 Å². The summed E-state index contributed by atoms with van der Waals surface area (Å²) in [4.78, 5) is 12.8. The van der Waals surface area contributed by atoms with E-state index in [1.165, 1.54) is 12.6 Å². The predicted octanol–water partition coefficient (Wildman–Crippen LogP) is 2.00. The smallest absolute Gasteiger partial charge is 0.302 e. The summed E-state index contributed by atoms with van der Waals surface area (Å²) in [5, 5.41) is 0. The standard InChI is InChI=1S/C14H17NO3/c1-12(16)17-10-11-18-14-6-4-13(5-7-14)15-8-2-3-9-15/h2-7H,8-11H2,1H3. The lowest BCUT2D eigenvalue weighted by molar-refractivity contribution is -0.141. The van der Waals surface area contributed by atoms with Crippen molar-refractivity contribution in [1.82, 2.24) is 0 Å². The maximum atomic E-state index is 10.6. The number of benzene rings is 1. The van der Waals surface area contributed by atoms with E-state index in [2.05, 4.69) is 17.1 Å². The number of esters is 1. The minimum Gasteiger partial charge on any atom is -0.490 e. The fourth-order valence-electron chi connectivity index (χ4n) is 1.79. The quantitative estimate of drug-likeness (QED) is 0.453. The van der Waals surface area contributed by atoms with Crippen LogP contribution in [-0.4, -0.2) is 32.3 Å². The third-order valence-corrected chi connectivity index (χ3v) is 2.68. The van der Waals surface area contributed by atoms with Gasteiger partial charge < -0.3 is 14.4 Å². The van der Waals surface area contributed by atoms with Crippen molar-refractivity contribution < 1.29 is 14.3 Å². The van der Waals surface area contributed by atoms with Crippen LogP contribution in [0.5, 0.6) is 5.75 Å². The second-order valence-electron chi connectivity index (χ2n) is 4.06. The Bertz CT molecular complexity index is 417. The number of carbonyl (C=O) groups is 1. The molecule has 4 nitrogen and oxygen atoms in total. The topological polar surface area (TPSA) is 38.8 Å². The zero-order valence-electron chi connectivity index (χ0n) is 10.5. The minimum absolute atomic E-state index is 0.282. The van der Waals surface area contributed by atoms with Crippen molar-refractivity contribution >= 4 is 11.7 Å². The van der Waals surface area contributed by atoms with Crippen LogP contribution in [0.25, 0.3) is 0 Å². The van der Waals surface area contributed by atoms with Gasteiger partial charge in [-0.15, -0.1) is 0 Å². The van der Waals surface area contributed by atoms with Crippen LogP contribution in [0, 0.1) is 0 Å². The SMILES string of the molecule is CC(=O)OCCOc1ccc(N2CC=CC2)cc1. The van der Waals surface area contributed by atoms with E-state index in [1.807, 2.05) is 24.3 Å². The van der Waals surface area contributed by atoms with Crippen LogP contribution < -0.4 is 9.64 Å². The molecule has 2 rings (SSSR count). The van der Waals surface area contributed by atoms with Gasteiger partial charge in [0.1, 0.15) is 19.0 Å². The molecule has 0 amide bonds. The molecule has 0 N–H and O–H groups in total. The van der Waals surface area contributed by atoms with Gasteiger partial charge >= 0.3 is 5.97 Å². The summed E-state index contributed by atoms with van der Waals surface area (Å²) in [6.07, 6.45) is 4.31. The third kappa shape index (κ3) is 3.52. The molecule has 4 heteroatoms. The Balaban J connectivity index is 1.78. The largest absolute Gasteiger partial charge is 0.490 e. The van der Waals surface area contributed by atoms with Gasteiger partial charge in [-0.25, -0.2) is 0 Å². The molecule has 0 atom stereocenters. The molecule has 0 aliphatic carbocycles. The lowest BCUT2D eigenvalue weighted by Crippen LogP contribution is -2.18. The number of hydrogen-bond acceptors (Lipinski definition) is 4. The van der Waals surface area contributed by atoms with Crippen molar-refractivity contribution in [2.45, 2.75) is 6.92 Å². The Morgan fingerprint density at radius 1 is 1.17 bits per heavy atom. The number of hydrogen-bond donors (Lipinski definition) is 0. The van der Waals surface area contributed by atoms with Crippen LogP contribution in [0.15, 0.2) is 36.4 Å². The summed E-state index contributed by atoms with van der Waals surface area (Å²) >= 11 is 0. The highest BCUT2D eigenvalue weighted by Crippen LogP contribution is 2.20. The number of anilines is 1. The molecule has 18 heavy (non-hydrogen) atoms. The lowest BCUT2D eigenvalue weighted by Gasteiger charge is -2.17. The van der Waals surface area contributed by atoms with Crippen molar-refractivity contribution in [1.29, 1.82) is 0 Å². The molecule has 1 aromatic carbocycles. The fourth-order valence-corrected chi connectivity index (χ4v) is 1.79. The van der Waals surface area contributed by atoms with Crippen molar-refractivity contribution in [3.63, 3.8) is 0 Å². The summed E-state index contributed by atoms with van der Waals surface area (Å²) in [7, 11) is 0. The van der Waals surface area contributed by atoms with E-state index in [-0.39, 0.29) is 12.6 Å². The summed E-state index contributed by atoms with van der Waals surface area (Å²) < 4.78 is 10.3. The predicted molar refractivity (Wildman–Crippen MR) is 69.9 cm³/mol. The van der Waals surface area contributed by atoms with Crippen LogP contribution in [0.4, 0.5) is 5.69 Å². The van der Waals surface area contributed by atoms with Crippen LogP contribution >= 0.6 is 0 Å². The first-order valence-corrected chi connectivity index (χ1v) is 6.02. The van der Waals surface area contributed by atoms with E-state index in [9.17, 15) is 4.79 Å². The first-order chi connectivity index (χ1) is 8.75. The zero-order chi connectivity index (χ0) is 12.8. The summed E-state index contributed by atoms with van der Waals surface area (Å²) in [5.41, 5.74) is 1.19. The monoisotopic (exact) mass is 247 g/mol. The molecule has 0 saturated carbocycles. The normalized spacial score (nSPS) is 13.7. The number of carbonyl (C=O) groups excluding carboxylic acids is 1. The van der Waals surface area contributed by atoms with Gasteiger partial charge in [0.05, 0.1) is 0 Å². The first kappa shape index (κ1) is 12.5. The van der Waals surface area contributed by atoms with Crippen LogP contribution in [0.1, 0.15) is 6.92 Å². The van der Waals surface area contributed by atoms with E-state index in [0.29, 0.717) is 6.61 Å². The number of nitrogens with zero attached hydrogens (tertiary/aromatic N) is 1. The van der Waals surface area contributed by atoms with Gasteiger partial charge in [-0.05, 0) is 24.3 Å². The molecule has 0 aromatic heterocycles. The van der Waals surface area contributed by atoms with Crippen molar-refractivity contribution in [3.8, 4) is 5.75 Å². The summed E-state index contributed by atoms with van der Waals surface area (Å²) in [6, 6.07) is 7.94. The zero-order valence-corrected chi connectivity index (χ0v) is 10.5. The first-order valence-electron chi connectivity index (χ1n) is 6.02. The molecule has 1 heterocycles. The fraction of sp³-hybridized carbons (Fsp3) is 0.357. The molecule has 0 spiro atoms. The molecular formula is C14H17NO3. The van der Waals surface area contributed by atoms with E-state index in [4.69, 9.17) is 9.47 Å². The highest BCUT2D eigenvalue weighted by atomic mass is 16.6. The Hall–Kier alpha value is -1.97. The average Bonchev–Trinajstić information content (AvgIpc) is 2.89. The van der Waals surface area contributed by atoms with Crippen molar-refractivity contribution in [2.24, 2.45) is 0 Å². The van der Waals surface area contributed by atoms with Gasteiger partial charge in [0.15, 0.2) is 0 Å². The Morgan fingerprint density at radius 3 is 2.44 bits per heavy atom. The summed E-state index contributed by atoms with van der Waals surface area (Å²) in [6.45, 7) is 3.98. The van der Waals surface area contributed by atoms with Crippen molar-refractivity contribution in [3.05, 3.63) is 36.4 Å². The second-order valence-corrected chi connectivity index (χ2v) is 4.06. The van der Waals surface area contributed by atoms with Gasteiger partial charge in [-0.2, -0.15) is 0 Å². The van der Waals surface area contributed by atoms with Gasteiger partial charge in [0.2, 0.25) is 0 Å². The molecule has 0 fully saturated rings. The molecular weight excluding hydrogens is 230 g/mol. The molecule has 0 bridgehead atoms. The van der Waals surface area contributed by atoms with E-state index >= 15 is 0 Å².